The second kappa shape index (κ2) is 4.43. The van der Waals surface area contributed by atoms with E-state index in [1.807, 2.05) is 0 Å². The van der Waals surface area contributed by atoms with E-state index in [4.69, 9.17) is 6.42 Å². The van der Waals surface area contributed by atoms with E-state index in [-0.39, 0.29) is 11.7 Å². The lowest BCUT2D eigenvalue weighted by Gasteiger charge is -2.12. The Kier molecular flexibility index (Phi) is 3.48. The second-order valence-electron chi connectivity index (χ2n) is 2.78. The van der Waals surface area contributed by atoms with Crippen molar-refractivity contribution in [2.75, 3.05) is 5.32 Å². The molecule has 1 nitrogen and oxygen atoms in total. The Morgan fingerprint density at radius 3 is 2.64 bits per heavy atom. The lowest BCUT2D eigenvalue weighted by molar-refractivity contribution is 0.583. The fourth-order valence-corrected chi connectivity index (χ4v) is 1.46. The first-order valence-electron chi connectivity index (χ1n) is 3.92. The van der Waals surface area contributed by atoms with Crippen molar-refractivity contribution in [2.45, 2.75) is 13.0 Å². The van der Waals surface area contributed by atoms with Crippen LogP contribution in [0, 0.1) is 24.0 Å². The molecule has 0 fully saturated rings. The molecule has 0 saturated carbocycles. The fourth-order valence-electron chi connectivity index (χ4n) is 0.938. The molecule has 0 radical (unpaired) electrons. The first-order valence-corrected chi connectivity index (χ1v) is 4.71. The molecule has 1 aromatic rings. The standard InChI is InChI=1S/C10H8BrF2N/c1-3-6(2)14-10-8(11)4-7(12)5-9(10)13/h1,4-6,14H,2H3. The highest BCUT2D eigenvalue weighted by atomic mass is 79.9. The van der Waals surface area contributed by atoms with Gasteiger partial charge in [0.25, 0.3) is 0 Å². The van der Waals surface area contributed by atoms with Gasteiger partial charge in [-0.2, -0.15) is 0 Å². The Labute approximate surface area is 89.6 Å². The maximum atomic E-state index is 13.2. The van der Waals surface area contributed by atoms with Gasteiger partial charge in [0.1, 0.15) is 11.6 Å². The van der Waals surface area contributed by atoms with Gasteiger partial charge in [-0.15, -0.1) is 6.42 Å². The predicted octanol–water partition coefficient (Wildman–Crippen LogP) is 3.16. The zero-order valence-electron chi connectivity index (χ0n) is 7.44. The van der Waals surface area contributed by atoms with Gasteiger partial charge in [-0.3, -0.25) is 0 Å². The van der Waals surface area contributed by atoms with Crippen molar-refractivity contribution in [1.82, 2.24) is 0 Å². The fraction of sp³-hybridized carbons (Fsp3) is 0.200. The van der Waals surface area contributed by atoms with Crippen molar-refractivity contribution in [2.24, 2.45) is 0 Å². The molecule has 1 atom stereocenters. The molecule has 1 unspecified atom stereocenters. The second-order valence-corrected chi connectivity index (χ2v) is 3.63. The topological polar surface area (TPSA) is 12.0 Å². The lowest BCUT2D eigenvalue weighted by atomic mass is 10.2. The number of halogens is 3. The van der Waals surface area contributed by atoms with Crippen molar-refractivity contribution in [3.05, 3.63) is 28.2 Å². The highest BCUT2D eigenvalue weighted by Gasteiger charge is 2.10. The van der Waals surface area contributed by atoms with Gasteiger partial charge in [0.05, 0.1) is 11.7 Å². The Balaban J connectivity index is 3.04. The predicted molar refractivity (Wildman–Crippen MR) is 56.0 cm³/mol. The van der Waals surface area contributed by atoms with Crippen LogP contribution in [0.4, 0.5) is 14.5 Å². The van der Waals surface area contributed by atoms with E-state index in [0.717, 1.165) is 6.07 Å². The highest BCUT2D eigenvalue weighted by molar-refractivity contribution is 9.10. The Hall–Kier alpha value is -1.08. The van der Waals surface area contributed by atoms with E-state index in [1.54, 1.807) is 6.92 Å². The van der Waals surface area contributed by atoms with Crippen LogP contribution in [0.5, 0.6) is 0 Å². The van der Waals surface area contributed by atoms with Crippen molar-refractivity contribution < 1.29 is 8.78 Å². The minimum atomic E-state index is -0.668. The van der Waals surface area contributed by atoms with E-state index in [9.17, 15) is 8.78 Å². The Morgan fingerprint density at radius 2 is 2.14 bits per heavy atom. The SMILES string of the molecule is C#CC(C)Nc1c(F)cc(F)cc1Br. The van der Waals surface area contributed by atoms with Gasteiger partial charge in [0, 0.05) is 10.5 Å². The molecule has 14 heavy (non-hydrogen) atoms. The first-order chi connectivity index (χ1) is 6.54. The molecule has 0 aromatic heterocycles. The number of hydrogen-bond donors (Lipinski definition) is 1. The van der Waals surface area contributed by atoms with Crippen LogP contribution in [0.25, 0.3) is 0 Å². The van der Waals surface area contributed by atoms with Crippen LogP contribution >= 0.6 is 15.9 Å². The van der Waals surface area contributed by atoms with Crippen LogP contribution < -0.4 is 5.32 Å². The zero-order chi connectivity index (χ0) is 10.7. The molecule has 74 valence electrons. The molecular weight excluding hydrogens is 252 g/mol. The Bertz CT molecular complexity index is 361. The van der Waals surface area contributed by atoms with Gasteiger partial charge in [-0.1, -0.05) is 5.92 Å². The molecule has 0 spiro atoms. The van der Waals surface area contributed by atoms with E-state index >= 15 is 0 Å². The summed E-state index contributed by atoms with van der Waals surface area (Å²) in [6, 6.07) is 1.66. The van der Waals surface area contributed by atoms with Crippen molar-refractivity contribution >= 4 is 21.6 Å². The van der Waals surface area contributed by atoms with Crippen molar-refractivity contribution in [3.8, 4) is 12.3 Å². The Morgan fingerprint density at radius 1 is 1.50 bits per heavy atom. The van der Waals surface area contributed by atoms with Crippen LogP contribution in [-0.2, 0) is 0 Å². The van der Waals surface area contributed by atoms with Gasteiger partial charge < -0.3 is 5.32 Å². The summed E-state index contributed by atoms with van der Waals surface area (Å²) < 4.78 is 26.2. The summed E-state index contributed by atoms with van der Waals surface area (Å²) in [5.74, 6) is 1.09. The van der Waals surface area contributed by atoms with E-state index in [2.05, 4.69) is 27.2 Å². The first kappa shape index (κ1) is 11.0. The summed E-state index contributed by atoms with van der Waals surface area (Å²) in [6.45, 7) is 1.70. The quantitative estimate of drug-likeness (QED) is 0.805. The van der Waals surface area contributed by atoms with Crippen LogP contribution in [0.1, 0.15) is 6.92 Å². The molecule has 4 heteroatoms. The van der Waals surface area contributed by atoms with Gasteiger partial charge in [0.15, 0.2) is 0 Å². The molecule has 0 aliphatic carbocycles. The van der Waals surface area contributed by atoms with Crippen LogP contribution in [0.15, 0.2) is 16.6 Å². The lowest BCUT2D eigenvalue weighted by Crippen LogP contribution is -2.13. The molecule has 0 bridgehead atoms. The summed E-state index contributed by atoms with van der Waals surface area (Å²) in [5, 5.41) is 2.73. The van der Waals surface area contributed by atoms with Gasteiger partial charge in [-0.25, -0.2) is 8.78 Å². The van der Waals surface area contributed by atoms with Gasteiger partial charge in [-0.05, 0) is 28.9 Å². The number of anilines is 1. The van der Waals surface area contributed by atoms with Crippen LogP contribution in [0.3, 0.4) is 0 Å². The van der Waals surface area contributed by atoms with E-state index in [1.165, 1.54) is 6.07 Å². The summed E-state index contributed by atoms with van der Waals surface area (Å²) in [6.07, 6.45) is 5.13. The monoisotopic (exact) mass is 259 g/mol. The molecule has 1 aromatic carbocycles. The molecule has 1 rings (SSSR count). The average Bonchev–Trinajstić information content (AvgIpc) is 2.10. The molecule has 0 saturated heterocycles. The molecule has 0 aliphatic rings. The summed E-state index contributed by atoms with van der Waals surface area (Å²) in [4.78, 5) is 0. The number of hydrogen-bond acceptors (Lipinski definition) is 1. The summed E-state index contributed by atoms with van der Waals surface area (Å²) in [5.41, 5.74) is 0.178. The van der Waals surface area contributed by atoms with Gasteiger partial charge in [0.2, 0.25) is 0 Å². The third-order valence-electron chi connectivity index (χ3n) is 1.62. The number of rotatable bonds is 2. The maximum Gasteiger partial charge on any atom is 0.150 e. The van der Waals surface area contributed by atoms with Crippen LogP contribution in [-0.4, -0.2) is 6.04 Å². The van der Waals surface area contributed by atoms with Crippen molar-refractivity contribution in [3.63, 3.8) is 0 Å². The van der Waals surface area contributed by atoms with E-state index in [0.29, 0.717) is 4.47 Å². The normalized spacial score (nSPS) is 11.9. The largest absolute Gasteiger partial charge is 0.369 e. The third-order valence-corrected chi connectivity index (χ3v) is 2.24. The third kappa shape index (κ3) is 2.46. The molecule has 0 amide bonds. The van der Waals surface area contributed by atoms with E-state index < -0.39 is 11.6 Å². The number of nitrogens with one attached hydrogen (secondary N) is 1. The molecule has 1 N–H and O–H groups in total. The van der Waals surface area contributed by atoms with Crippen LogP contribution in [0.2, 0.25) is 0 Å². The minimum Gasteiger partial charge on any atom is -0.369 e. The van der Waals surface area contributed by atoms with Crippen molar-refractivity contribution in [1.29, 1.82) is 0 Å². The molecular formula is C10H8BrF2N. The minimum absolute atomic E-state index is 0.178. The summed E-state index contributed by atoms with van der Waals surface area (Å²) >= 11 is 3.04. The molecule has 0 aliphatic heterocycles. The average molecular weight is 260 g/mol. The smallest absolute Gasteiger partial charge is 0.150 e. The maximum absolute atomic E-state index is 13.2. The number of terminal acetylenes is 1. The zero-order valence-corrected chi connectivity index (χ0v) is 9.03. The molecule has 0 heterocycles. The number of benzene rings is 1. The van der Waals surface area contributed by atoms with Gasteiger partial charge >= 0.3 is 0 Å². The summed E-state index contributed by atoms with van der Waals surface area (Å²) in [7, 11) is 0. The highest BCUT2D eigenvalue weighted by Crippen LogP contribution is 2.27.